The Morgan fingerprint density at radius 1 is 1.26 bits per heavy atom. The molecule has 3 rings (SSSR count). The number of aryl methyl sites for hydroxylation is 2. The van der Waals surface area contributed by atoms with E-state index in [-0.39, 0.29) is 17.8 Å². The molecule has 0 unspecified atom stereocenters. The van der Waals surface area contributed by atoms with Crippen LogP contribution in [0.1, 0.15) is 43.1 Å². The lowest BCUT2D eigenvalue weighted by atomic mass is 10.1. The number of fused-ring (bicyclic) bond motifs is 1. The zero-order valence-electron chi connectivity index (χ0n) is 17.3. The molecule has 0 amide bonds. The lowest BCUT2D eigenvalue weighted by Gasteiger charge is -2.14. The van der Waals surface area contributed by atoms with Gasteiger partial charge in [-0.05, 0) is 43.9 Å². The molecule has 0 saturated heterocycles. The minimum absolute atomic E-state index is 0.105. The van der Waals surface area contributed by atoms with Crippen molar-refractivity contribution in [2.45, 2.75) is 58.4 Å². The molecule has 1 aliphatic heterocycles. The largest absolute Gasteiger partial charge is 0.416 e. The molecule has 0 saturated carbocycles. The number of aromatic nitrogens is 3. The van der Waals surface area contributed by atoms with E-state index < -0.39 is 17.6 Å². The van der Waals surface area contributed by atoms with Gasteiger partial charge in [-0.15, -0.1) is 0 Å². The molecule has 0 atom stereocenters. The van der Waals surface area contributed by atoms with E-state index in [9.17, 15) is 22.4 Å². The van der Waals surface area contributed by atoms with Crippen LogP contribution < -0.4 is 16.3 Å². The van der Waals surface area contributed by atoms with E-state index >= 15 is 0 Å². The molecule has 11 heteroatoms. The Kier molecular flexibility index (Phi) is 7.34. The third-order valence-corrected chi connectivity index (χ3v) is 5.00. The van der Waals surface area contributed by atoms with E-state index in [1.807, 2.05) is 6.92 Å². The summed E-state index contributed by atoms with van der Waals surface area (Å²) in [4.78, 5) is 16.5. The molecule has 1 aromatic heterocycles. The van der Waals surface area contributed by atoms with E-state index in [4.69, 9.17) is 0 Å². The third kappa shape index (κ3) is 5.86. The minimum Gasteiger partial charge on any atom is -0.357 e. The van der Waals surface area contributed by atoms with Gasteiger partial charge in [0.15, 0.2) is 5.96 Å². The van der Waals surface area contributed by atoms with Crippen molar-refractivity contribution in [1.82, 2.24) is 25.0 Å². The number of nitrogens with one attached hydrogen (secondary N) is 2. The number of benzene rings is 1. The van der Waals surface area contributed by atoms with Gasteiger partial charge in [-0.25, -0.2) is 18.9 Å². The van der Waals surface area contributed by atoms with E-state index in [1.54, 1.807) is 4.57 Å². The van der Waals surface area contributed by atoms with E-state index in [0.29, 0.717) is 44.6 Å². The summed E-state index contributed by atoms with van der Waals surface area (Å²) in [6.07, 6.45) is -1.25. The van der Waals surface area contributed by atoms with Gasteiger partial charge in [-0.1, -0.05) is 6.07 Å². The van der Waals surface area contributed by atoms with E-state index in [1.165, 1.54) is 4.68 Å². The highest BCUT2D eigenvalue weighted by atomic mass is 19.4. The van der Waals surface area contributed by atoms with Gasteiger partial charge in [0.1, 0.15) is 11.6 Å². The van der Waals surface area contributed by atoms with Crippen molar-refractivity contribution in [1.29, 1.82) is 0 Å². The molecule has 0 aliphatic carbocycles. The molecule has 2 aromatic rings. The van der Waals surface area contributed by atoms with Gasteiger partial charge in [0.05, 0.1) is 12.1 Å². The highest BCUT2D eigenvalue weighted by molar-refractivity contribution is 5.79. The lowest BCUT2D eigenvalue weighted by Crippen LogP contribution is -2.38. The summed E-state index contributed by atoms with van der Waals surface area (Å²) < 4.78 is 55.9. The number of alkyl halides is 3. The average molecular weight is 442 g/mol. The van der Waals surface area contributed by atoms with Crippen LogP contribution in [0.2, 0.25) is 0 Å². The van der Waals surface area contributed by atoms with E-state index in [2.05, 4.69) is 20.7 Å². The number of hydrogen-bond donors (Lipinski definition) is 2. The molecule has 170 valence electrons. The Hall–Kier alpha value is -2.85. The van der Waals surface area contributed by atoms with Crippen molar-refractivity contribution < 1.29 is 17.6 Å². The fourth-order valence-corrected chi connectivity index (χ4v) is 3.49. The molecule has 0 radical (unpaired) electrons. The summed E-state index contributed by atoms with van der Waals surface area (Å²) in [5.41, 5.74) is -1.25. The molecular formula is C20H26F4N6O. The molecule has 0 spiro atoms. The summed E-state index contributed by atoms with van der Waals surface area (Å²) in [5, 5.41) is 10.4. The van der Waals surface area contributed by atoms with Crippen LogP contribution in [0, 0.1) is 5.82 Å². The van der Waals surface area contributed by atoms with Crippen LogP contribution in [0.4, 0.5) is 17.6 Å². The number of aliphatic imine (C=N–C) groups is 1. The number of guanidine groups is 1. The van der Waals surface area contributed by atoms with Gasteiger partial charge in [0, 0.05) is 32.6 Å². The summed E-state index contributed by atoms with van der Waals surface area (Å²) in [5.74, 6) is 0.219. The van der Waals surface area contributed by atoms with Gasteiger partial charge >= 0.3 is 11.9 Å². The first-order valence-electron chi connectivity index (χ1n) is 10.3. The molecular weight excluding hydrogens is 416 g/mol. The Morgan fingerprint density at radius 2 is 2.06 bits per heavy atom. The zero-order chi connectivity index (χ0) is 22.4. The van der Waals surface area contributed by atoms with Crippen LogP contribution in [0.3, 0.4) is 0 Å². The Balaban J connectivity index is 1.59. The van der Waals surface area contributed by atoms with E-state index in [0.717, 1.165) is 37.2 Å². The fraction of sp³-hybridized carbons (Fsp3) is 0.550. The van der Waals surface area contributed by atoms with Crippen molar-refractivity contribution in [3.8, 4) is 0 Å². The number of hydrogen-bond acceptors (Lipinski definition) is 3. The second-order valence-corrected chi connectivity index (χ2v) is 7.31. The standard InChI is InChI=1S/C20H26F4N6O/c1-2-25-18(27-13-14-7-8-15(21)12-16(14)20(22,23)24)26-9-5-11-30-19(31)29-10-4-3-6-17(29)28-30/h7-8,12H,2-6,9-11,13H2,1H3,(H2,25,26,27). The van der Waals surface area contributed by atoms with Crippen molar-refractivity contribution in [2.24, 2.45) is 4.99 Å². The summed E-state index contributed by atoms with van der Waals surface area (Å²) in [6, 6.07) is 2.56. The molecule has 2 heterocycles. The number of halogens is 4. The molecule has 1 aromatic carbocycles. The topological polar surface area (TPSA) is 76.2 Å². The van der Waals surface area contributed by atoms with Crippen LogP contribution in [0.15, 0.2) is 28.0 Å². The second-order valence-electron chi connectivity index (χ2n) is 7.31. The fourth-order valence-electron chi connectivity index (χ4n) is 3.49. The van der Waals surface area contributed by atoms with Crippen LogP contribution >= 0.6 is 0 Å². The smallest absolute Gasteiger partial charge is 0.357 e. The first-order valence-corrected chi connectivity index (χ1v) is 10.3. The molecule has 0 fully saturated rings. The lowest BCUT2D eigenvalue weighted by molar-refractivity contribution is -0.138. The normalized spacial score (nSPS) is 14.4. The summed E-state index contributed by atoms with van der Waals surface area (Å²) in [6.45, 7) is 3.70. The zero-order valence-corrected chi connectivity index (χ0v) is 17.3. The van der Waals surface area contributed by atoms with Crippen LogP contribution in [-0.2, 0) is 32.2 Å². The maximum absolute atomic E-state index is 13.3. The van der Waals surface area contributed by atoms with Gasteiger partial charge in [-0.2, -0.15) is 18.3 Å². The van der Waals surface area contributed by atoms with Gasteiger partial charge in [-0.3, -0.25) is 4.57 Å². The Labute approximate surface area is 177 Å². The highest BCUT2D eigenvalue weighted by Gasteiger charge is 2.33. The predicted octanol–water partition coefficient (Wildman–Crippen LogP) is 2.68. The quantitative estimate of drug-likeness (QED) is 0.299. The van der Waals surface area contributed by atoms with Crippen molar-refractivity contribution in [2.75, 3.05) is 13.1 Å². The average Bonchev–Trinajstić information content (AvgIpc) is 3.05. The van der Waals surface area contributed by atoms with Gasteiger partial charge < -0.3 is 10.6 Å². The molecule has 0 bridgehead atoms. The highest BCUT2D eigenvalue weighted by Crippen LogP contribution is 2.32. The second kappa shape index (κ2) is 9.97. The van der Waals surface area contributed by atoms with Gasteiger partial charge in [0.25, 0.3) is 0 Å². The molecule has 1 aliphatic rings. The predicted molar refractivity (Wildman–Crippen MR) is 108 cm³/mol. The first kappa shape index (κ1) is 22.8. The van der Waals surface area contributed by atoms with Crippen LogP contribution in [-0.4, -0.2) is 33.4 Å². The Bertz CT molecular complexity index is 979. The van der Waals surface area contributed by atoms with Crippen LogP contribution in [0.25, 0.3) is 0 Å². The molecule has 31 heavy (non-hydrogen) atoms. The Morgan fingerprint density at radius 3 is 2.77 bits per heavy atom. The number of nitrogens with zero attached hydrogens (tertiary/aromatic N) is 4. The number of rotatable bonds is 7. The monoisotopic (exact) mass is 442 g/mol. The first-order chi connectivity index (χ1) is 14.8. The SMILES string of the molecule is CCNC(=NCc1ccc(F)cc1C(F)(F)F)NCCCn1nc2n(c1=O)CCCC2. The maximum Gasteiger partial charge on any atom is 0.416 e. The summed E-state index contributed by atoms with van der Waals surface area (Å²) >= 11 is 0. The van der Waals surface area contributed by atoms with Crippen molar-refractivity contribution in [3.63, 3.8) is 0 Å². The maximum atomic E-state index is 13.3. The van der Waals surface area contributed by atoms with Gasteiger partial charge in [0.2, 0.25) is 0 Å². The van der Waals surface area contributed by atoms with Crippen molar-refractivity contribution >= 4 is 5.96 Å². The molecule has 2 N–H and O–H groups in total. The minimum atomic E-state index is -4.66. The summed E-state index contributed by atoms with van der Waals surface area (Å²) in [7, 11) is 0. The van der Waals surface area contributed by atoms with Crippen molar-refractivity contribution in [3.05, 3.63) is 51.5 Å². The van der Waals surface area contributed by atoms with Crippen LogP contribution in [0.5, 0.6) is 0 Å². The third-order valence-electron chi connectivity index (χ3n) is 5.00. The molecule has 7 nitrogen and oxygen atoms in total.